The molecule has 2 aromatic rings. The van der Waals surface area contributed by atoms with Crippen molar-refractivity contribution < 1.29 is 18.1 Å². The molecule has 0 saturated carbocycles. The molecule has 0 aromatic heterocycles. The number of ether oxygens (including phenoxy) is 1. The number of carbonyl (C=O) groups excluding carboxylic acids is 1. The van der Waals surface area contributed by atoms with Gasteiger partial charge in [-0.1, -0.05) is 30.3 Å². The van der Waals surface area contributed by atoms with Gasteiger partial charge in [0.1, 0.15) is 11.6 Å². The van der Waals surface area contributed by atoms with E-state index in [9.17, 15) is 13.4 Å². The molecule has 1 heterocycles. The van der Waals surface area contributed by atoms with Gasteiger partial charge in [-0.3, -0.25) is 9.00 Å². The molecule has 1 unspecified atom stereocenters. The second-order valence-corrected chi connectivity index (χ2v) is 7.48. The summed E-state index contributed by atoms with van der Waals surface area (Å²) in [5.41, 5.74) is 0.0650. The van der Waals surface area contributed by atoms with Gasteiger partial charge in [-0.2, -0.15) is 0 Å². The number of rotatable bonds is 3. The minimum absolute atomic E-state index is 0.228. The third kappa shape index (κ3) is 2.80. The fourth-order valence-electron chi connectivity index (χ4n) is 2.67. The molecule has 0 bridgehead atoms. The van der Waals surface area contributed by atoms with E-state index in [0.717, 1.165) is 0 Å². The van der Waals surface area contributed by atoms with Gasteiger partial charge in [0.25, 0.3) is 0 Å². The van der Waals surface area contributed by atoms with Gasteiger partial charge in [-0.05, 0) is 32.0 Å². The van der Waals surface area contributed by atoms with Crippen LogP contribution in [0.3, 0.4) is 0 Å². The highest BCUT2D eigenvalue weighted by Crippen LogP contribution is 2.41. The van der Waals surface area contributed by atoms with Crippen molar-refractivity contribution >= 4 is 27.9 Å². The molecule has 24 heavy (non-hydrogen) atoms. The summed E-state index contributed by atoms with van der Waals surface area (Å²) in [5.74, 6) is -0.375. The maximum atomic E-state index is 14.2. The number of hydrogen-bond acceptors (Lipinski definition) is 3. The summed E-state index contributed by atoms with van der Waals surface area (Å²) in [4.78, 5) is 13.4. The van der Waals surface area contributed by atoms with Crippen molar-refractivity contribution in [1.29, 1.82) is 0 Å². The first-order valence-electron chi connectivity index (χ1n) is 7.48. The maximum Gasteiger partial charge on any atom is 0.210 e. The lowest BCUT2D eigenvalue weighted by molar-refractivity contribution is -0.125. The third-order valence-corrected chi connectivity index (χ3v) is 4.89. The van der Waals surface area contributed by atoms with E-state index < -0.39 is 22.2 Å². The predicted octanol–water partition coefficient (Wildman–Crippen LogP) is 3.81. The molecule has 1 atom stereocenters. The molecule has 0 aliphatic carbocycles. The Hall–Kier alpha value is -2.27. The third-order valence-electron chi connectivity index (χ3n) is 3.95. The second-order valence-electron chi connectivity index (χ2n) is 6.10. The number of benzene rings is 2. The smallest absolute Gasteiger partial charge is 0.210 e. The van der Waals surface area contributed by atoms with E-state index in [4.69, 9.17) is 4.74 Å². The fourth-order valence-corrected chi connectivity index (χ4v) is 3.19. The van der Waals surface area contributed by atoms with Crippen molar-refractivity contribution in [3.05, 3.63) is 65.5 Å². The number of carbonyl (C=O) groups is 1. The standard InChI is InChI=1S/C19H17FO3S/c1-19(2)18(21)16(14-6-4-5-7-15(14)20)17(23-19)12-8-10-13(11-9-12)24(3)22/h4-11H,1-3H3. The summed E-state index contributed by atoms with van der Waals surface area (Å²) in [5, 5.41) is 0. The normalized spacial score (nSPS) is 17.8. The van der Waals surface area contributed by atoms with Crippen molar-refractivity contribution in [2.45, 2.75) is 24.3 Å². The average Bonchev–Trinajstić information content (AvgIpc) is 2.78. The Balaban J connectivity index is 2.18. The maximum absolute atomic E-state index is 14.2. The molecule has 3 nitrogen and oxygen atoms in total. The first-order chi connectivity index (χ1) is 11.3. The Morgan fingerprint density at radius 2 is 1.67 bits per heavy atom. The van der Waals surface area contributed by atoms with Crippen LogP contribution in [-0.2, 0) is 20.3 Å². The van der Waals surface area contributed by atoms with Gasteiger partial charge in [-0.15, -0.1) is 0 Å². The van der Waals surface area contributed by atoms with E-state index >= 15 is 0 Å². The second kappa shape index (κ2) is 5.98. The zero-order valence-corrected chi connectivity index (χ0v) is 14.4. The molecule has 0 saturated heterocycles. The van der Waals surface area contributed by atoms with Crippen molar-refractivity contribution in [2.75, 3.05) is 6.26 Å². The summed E-state index contributed by atoms with van der Waals surface area (Å²) < 4.78 is 31.6. The summed E-state index contributed by atoms with van der Waals surface area (Å²) in [6.07, 6.45) is 1.59. The quantitative estimate of drug-likeness (QED) is 0.850. The van der Waals surface area contributed by atoms with E-state index in [1.54, 1.807) is 62.6 Å². The summed E-state index contributed by atoms with van der Waals surface area (Å²) >= 11 is 0. The van der Waals surface area contributed by atoms with Crippen LogP contribution in [0, 0.1) is 5.82 Å². The zero-order chi connectivity index (χ0) is 17.5. The van der Waals surface area contributed by atoms with Crippen LogP contribution in [0.2, 0.25) is 0 Å². The Kier molecular flexibility index (Phi) is 4.13. The van der Waals surface area contributed by atoms with Crippen LogP contribution in [0.15, 0.2) is 53.4 Å². The Morgan fingerprint density at radius 1 is 1.04 bits per heavy atom. The van der Waals surface area contributed by atoms with Gasteiger partial charge in [0.2, 0.25) is 5.78 Å². The lowest BCUT2D eigenvalue weighted by Crippen LogP contribution is -2.29. The van der Waals surface area contributed by atoms with E-state index in [1.807, 2.05) is 0 Å². The minimum Gasteiger partial charge on any atom is -0.478 e. The largest absolute Gasteiger partial charge is 0.478 e. The lowest BCUT2D eigenvalue weighted by atomic mass is 9.92. The number of halogens is 1. The van der Waals surface area contributed by atoms with Gasteiger partial charge in [0.15, 0.2) is 5.60 Å². The van der Waals surface area contributed by atoms with E-state index in [1.165, 1.54) is 6.07 Å². The number of ketones is 1. The van der Waals surface area contributed by atoms with Gasteiger partial charge < -0.3 is 4.74 Å². The van der Waals surface area contributed by atoms with Crippen molar-refractivity contribution in [3.63, 3.8) is 0 Å². The van der Waals surface area contributed by atoms with Gasteiger partial charge >= 0.3 is 0 Å². The predicted molar refractivity (Wildman–Crippen MR) is 92.2 cm³/mol. The molecule has 2 aromatic carbocycles. The van der Waals surface area contributed by atoms with E-state index in [0.29, 0.717) is 16.2 Å². The number of hydrogen-bond donors (Lipinski definition) is 0. The topological polar surface area (TPSA) is 43.4 Å². The first-order valence-corrected chi connectivity index (χ1v) is 9.04. The minimum atomic E-state index is -1.09. The van der Waals surface area contributed by atoms with Gasteiger partial charge in [0.05, 0.1) is 5.57 Å². The Labute approximate surface area is 142 Å². The highest BCUT2D eigenvalue weighted by Gasteiger charge is 2.43. The van der Waals surface area contributed by atoms with Crippen LogP contribution in [0.4, 0.5) is 4.39 Å². The molecule has 0 radical (unpaired) electrons. The van der Waals surface area contributed by atoms with Crippen LogP contribution in [0.5, 0.6) is 0 Å². The van der Waals surface area contributed by atoms with Crippen LogP contribution in [-0.4, -0.2) is 21.8 Å². The molecule has 1 aliphatic rings. The molecule has 0 N–H and O–H groups in total. The average molecular weight is 344 g/mol. The molecular weight excluding hydrogens is 327 g/mol. The Bertz CT molecular complexity index is 866. The summed E-state index contributed by atoms with van der Waals surface area (Å²) in [7, 11) is -1.09. The summed E-state index contributed by atoms with van der Waals surface area (Å²) in [6, 6.07) is 13.1. The molecule has 3 rings (SSSR count). The molecule has 0 fully saturated rings. The molecule has 5 heteroatoms. The summed E-state index contributed by atoms with van der Waals surface area (Å²) in [6.45, 7) is 3.33. The van der Waals surface area contributed by atoms with E-state index in [-0.39, 0.29) is 16.9 Å². The first kappa shape index (κ1) is 16.6. The van der Waals surface area contributed by atoms with Gasteiger partial charge in [-0.25, -0.2) is 4.39 Å². The molecular formula is C19H17FO3S. The molecule has 0 spiro atoms. The highest BCUT2D eigenvalue weighted by molar-refractivity contribution is 7.84. The van der Waals surface area contributed by atoms with Crippen LogP contribution in [0.25, 0.3) is 11.3 Å². The highest BCUT2D eigenvalue weighted by atomic mass is 32.2. The monoisotopic (exact) mass is 344 g/mol. The van der Waals surface area contributed by atoms with Gasteiger partial charge in [0, 0.05) is 33.1 Å². The Morgan fingerprint density at radius 3 is 2.25 bits per heavy atom. The van der Waals surface area contributed by atoms with Crippen molar-refractivity contribution in [1.82, 2.24) is 0 Å². The molecule has 1 aliphatic heterocycles. The van der Waals surface area contributed by atoms with Crippen LogP contribution >= 0.6 is 0 Å². The van der Waals surface area contributed by atoms with Crippen LogP contribution in [0.1, 0.15) is 25.0 Å². The van der Waals surface area contributed by atoms with E-state index in [2.05, 4.69) is 0 Å². The molecule has 0 amide bonds. The SMILES string of the molecule is CS(=O)c1ccc(C2=C(c3ccccc3F)C(=O)C(C)(C)O2)cc1. The van der Waals surface area contributed by atoms with Crippen molar-refractivity contribution in [2.24, 2.45) is 0 Å². The fraction of sp³-hybridized carbons (Fsp3) is 0.211. The number of Topliss-reactive ketones (excluding diaryl/α,β-unsaturated/α-hetero) is 1. The van der Waals surface area contributed by atoms with Crippen LogP contribution < -0.4 is 0 Å². The molecule has 124 valence electrons. The van der Waals surface area contributed by atoms with Crippen molar-refractivity contribution in [3.8, 4) is 0 Å². The zero-order valence-electron chi connectivity index (χ0n) is 13.6. The lowest BCUT2D eigenvalue weighted by Gasteiger charge is -2.17.